The maximum atomic E-state index is 13.0. The molecule has 1 amide bonds. The molecule has 0 aromatic rings. The highest BCUT2D eigenvalue weighted by atomic mass is 16.6. The van der Waals surface area contributed by atoms with Crippen molar-refractivity contribution >= 4 is 17.7 Å². The summed E-state index contributed by atoms with van der Waals surface area (Å²) >= 11 is 0. The molecule has 6 heteroatoms. The molecule has 22 heavy (non-hydrogen) atoms. The van der Waals surface area contributed by atoms with Gasteiger partial charge < -0.3 is 14.8 Å². The summed E-state index contributed by atoms with van der Waals surface area (Å²) in [5, 5.41) is 2.66. The Kier molecular flexibility index (Phi) is 3.59. The Morgan fingerprint density at radius 1 is 1.50 bits per heavy atom. The number of allylic oxidation sites excluding steroid dienone is 2. The molecule has 3 rings (SSSR count). The monoisotopic (exact) mass is 307 g/mol. The minimum absolute atomic E-state index is 0.240. The molecule has 1 N–H and O–H groups in total. The SMILES string of the molecule is COCC[C@H]1C(=O)N[C@@]2(C(=O)[C@@H]3C=CCCC3)C(=O)O[C@@]12C. The average molecular weight is 307 g/mol. The van der Waals surface area contributed by atoms with Crippen LogP contribution >= 0.6 is 0 Å². The van der Waals surface area contributed by atoms with E-state index in [2.05, 4.69) is 5.32 Å². The zero-order chi connectivity index (χ0) is 16.0. The number of nitrogens with one attached hydrogen (secondary N) is 1. The normalized spacial score (nSPS) is 39.7. The molecule has 0 aromatic carbocycles. The topological polar surface area (TPSA) is 81.7 Å². The lowest BCUT2D eigenvalue weighted by Gasteiger charge is -2.51. The number of esters is 1. The highest BCUT2D eigenvalue weighted by molar-refractivity contribution is 6.20. The molecular formula is C16H21NO5. The van der Waals surface area contributed by atoms with Crippen molar-refractivity contribution in [1.82, 2.24) is 5.32 Å². The summed E-state index contributed by atoms with van der Waals surface area (Å²) in [6.07, 6.45) is 6.79. The van der Waals surface area contributed by atoms with Crippen molar-refractivity contribution < 1.29 is 23.9 Å². The number of methoxy groups -OCH3 is 1. The standard InChI is InChI=1S/C16H21NO5/c1-15-11(8-9-21-2)13(19)17-16(15,14(20)22-15)12(18)10-6-4-3-5-7-10/h4,6,10-11H,3,5,7-9H2,1-2H3,(H,17,19)/t10-,11+,15+,16+/m1/s1. The Labute approximate surface area is 129 Å². The molecule has 2 heterocycles. The van der Waals surface area contributed by atoms with Crippen LogP contribution in [0.15, 0.2) is 12.2 Å². The fourth-order valence-electron chi connectivity index (χ4n) is 3.89. The van der Waals surface area contributed by atoms with E-state index >= 15 is 0 Å². The van der Waals surface area contributed by atoms with Crippen LogP contribution in [-0.2, 0) is 23.9 Å². The minimum Gasteiger partial charge on any atom is -0.453 e. The number of rotatable bonds is 5. The molecular weight excluding hydrogens is 286 g/mol. The molecule has 0 radical (unpaired) electrons. The number of fused-ring (bicyclic) bond motifs is 1. The third-order valence-corrected chi connectivity index (χ3v) is 5.22. The summed E-state index contributed by atoms with van der Waals surface area (Å²) in [7, 11) is 1.55. The van der Waals surface area contributed by atoms with E-state index in [9.17, 15) is 14.4 Å². The first-order valence-corrected chi connectivity index (χ1v) is 7.72. The van der Waals surface area contributed by atoms with Crippen LogP contribution in [0.25, 0.3) is 0 Å². The molecule has 1 aliphatic carbocycles. The number of carbonyl (C=O) groups is 3. The van der Waals surface area contributed by atoms with Crippen LogP contribution in [0.1, 0.15) is 32.6 Å². The first-order chi connectivity index (χ1) is 10.5. The van der Waals surface area contributed by atoms with E-state index in [0.29, 0.717) is 19.4 Å². The van der Waals surface area contributed by atoms with Gasteiger partial charge in [-0.1, -0.05) is 12.2 Å². The second-order valence-electron chi connectivity index (χ2n) is 6.40. The molecule has 0 aromatic heterocycles. The van der Waals surface area contributed by atoms with Crippen LogP contribution in [0.4, 0.5) is 0 Å². The van der Waals surface area contributed by atoms with Crippen molar-refractivity contribution in [2.75, 3.05) is 13.7 Å². The van der Waals surface area contributed by atoms with Gasteiger partial charge in [0.05, 0.1) is 5.92 Å². The van der Waals surface area contributed by atoms with Gasteiger partial charge in [0, 0.05) is 19.6 Å². The molecule has 6 nitrogen and oxygen atoms in total. The number of carbonyl (C=O) groups excluding carboxylic acids is 3. The number of hydrogen-bond acceptors (Lipinski definition) is 5. The quantitative estimate of drug-likeness (QED) is 0.460. The Balaban J connectivity index is 1.92. The van der Waals surface area contributed by atoms with Gasteiger partial charge >= 0.3 is 5.97 Å². The van der Waals surface area contributed by atoms with Gasteiger partial charge in [0.2, 0.25) is 11.4 Å². The summed E-state index contributed by atoms with van der Waals surface area (Å²) < 4.78 is 10.3. The van der Waals surface area contributed by atoms with Gasteiger partial charge in [-0.25, -0.2) is 4.79 Å². The zero-order valence-electron chi connectivity index (χ0n) is 12.9. The van der Waals surface area contributed by atoms with Crippen LogP contribution < -0.4 is 5.32 Å². The Morgan fingerprint density at radius 2 is 2.27 bits per heavy atom. The lowest BCUT2D eigenvalue weighted by atomic mass is 9.65. The Morgan fingerprint density at radius 3 is 2.86 bits per heavy atom. The first kappa shape index (κ1) is 15.2. The highest BCUT2D eigenvalue weighted by Crippen LogP contribution is 2.51. The van der Waals surface area contributed by atoms with E-state index in [-0.39, 0.29) is 17.6 Å². The summed E-state index contributed by atoms with van der Waals surface area (Å²) in [5.74, 6) is -2.06. The third kappa shape index (κ3) is 1.79. The third-order valence-electron chi connectivity index (χ3n) is 5.22. The molecule has 2 fully saturated rings. The molecule has 0 bridgehead atoms. The Hall–Kier alpha value is -1.69. The van der Waals surface area contributed by atoms with Crippen molar-refractivity contribution in [1.29, 1.82) is 0 Å². The van der Waals surface area contributed by atoms with Gasteiger partial charge in [-0.15, -0.1) is 0 Å². The lowest BCUT2D eigenvalue weighted by molar-refractivity contribution is -0.219. The van der Waals surface area contributed by atoms with E-state index in [4.69, 9.17) is 9.47 Å². The van der Waals surface area contributed by atoms with Crippen LogP contribution in [0.5, 0.6) is 0 Å². The van der Waals surface area contributed by atoms with E-state index < -0.39 is 23.0 Å². The number of Topliss-reactive ketones (excluding diaryl/α,β-unsaturated/α-hetero) is 1. The Bertz CT molecular complexity index is 557. The summed E-state index contributed by atoms with van der Waals surface area (Å²) in [6, 6.07) is 0. The van der Waals surface area contributed by atoms with Crippen LogP contribution in [0.2, 0.25) is 0 Å². The van der Waals surface area contributed by atoms with Gasteiger partial charge in [0.25, 0.3) is 0 Å². The number of ether oxygens (including phenoxy) is 2. The van der Waals surface area contributed by atoms with Gasteiger partial charge in [-0.2, -0.15) is 0 Å². The zero-order valence-corrected chi connectivity index (χ0v) is 12.9. The first-order valence-electron chi connectivity index (χ1n) is 7.72. The van der Waals surface area contributed by atoms with E-state index in [1.165, 1.54) is 0 Å². The van der Waals surface area contributed by atoms with Crippen molar-refractivity contribution in [3.63, 3.8) is 0 Å². The van der Waals surface area contributed by atoms with Gasteiger partial charge in [-0.05, 0) is 32.6 Å². The fourth-order valence-corrected chi connectivity index (χ4v) is 3.89. The smallest absolute Gasteiger partial charge is 0.344 e. The highest BCUT2D eigenvalue weighted by Gasteiger charge is 2.79. The molecule has 0 unspecified atom stereocenters. The predicted octanol–water partition coefficient (Wildman–Crippen LogP) is 0.749. The van der Waals surface area contributed by atoms with Crippen LogP contribution in [0, 0.1) is 11.8 Å². The molecule has 4 atom stereocenters. The van der Waals surface area contributed by atoms with Gasteiger partial charge in [0.1, 0.15) is 0 Å². The minimum atomic E-state index is -1.52. The molecule has 0 saturated carbocycles. The largest absolute Gasteiger partial charge is 0.453 e. The van der Waals surface area contributed by atoms with E-state index in [1.807, 2.05) is 12.2 Å². The second kappa shape index (κ2) is 5.19. The lowest BCUT2D eigenvalue weighted by Crippen LogP contribution is -2.78. The van der Waals surface area contributed by atoms with Crippen molar-refractivity contribution in [3.8, 4) is 0 Å². The molecule has 120 valence electrons. The van der Waals surface area contributed by atoms with Gasteiger partial charge in [0.15, 0.2) is 11.4 Å². The fraction of sp³-hybridized carbons (Fsp3) is 0.688. The number of hydrogen-bond donors (Lipinski definition) is 1. The molecule has 0 spiro atoms. The second-order valence-corrected chi connectivity index (χ2v) is 6.40. The maximum absolute atomic E-state index is 13.0. The van der Waals surface area contributed by atoms with Crippen molar-refractivity contribution in [2.45, 2.75) is 43.7 Å². The van der Waals surface area contributed by atoms with E-state index in [1.54, 1.807) is 14.0 Å². The van der Waals surface area contributed by atoms with Crippen molar-refractivity contribution in [3.05, 3.63) is 12.2 Å². The number of amides is 1. The predicted molar refractivity (Wildman–Crippen MR) is 76.8 cm³/mol. The van der Waals surface area contributed by atoms with Gasteiger partial charge in [-0.3, -0.25) is 9.59 Å². The average Bonchev–Trinajstić information content (AvgIpc) is 2.69. The molecule has 3 aliphatic rings. The number of ketones is 1. The van der Waals surface area contributed by atoms with Crippen LogP contribution in [-0.4, -0.2) is 42.5 Å². The van der Waals surface area contributed by atoms with Crippen molar-refractivity contribution in [2.24, 2.45) is 11.8 Å². The molecule has 2 saturated heterocycles. The van der Waals surface area contributed by atoms with E-state index in [0.717, 1.165) is 12.8 Å². The summed E-state index contributed by atoms with van der Waals surface area (Å²) in [4.78, 5) is 37.5. The maximum Gasteiger partial charge on any atom is 0.344 e. The van der Waals surface area contributed by atoms with Crippen LogP contribution in [0.3, 0.4) is 0 Å². The molecule has 2 aliphatic heterocycles. The summed E-state index contributed by atoms with van der Waals surface area (Å²) in [5.41, 5.74) is -2.63. The summed E-state index contributed by atoms with van der Waals surface area (Å²) in [6.45, 7) is 2.05.